The number of carbonyl (C=O) groups is 1. The number of Topliss-reactive ketones (excluding diaryl/α,β-unsaturated/α-hetero) is 1. The average Bonchev–Trinajstić information content (AvgIpc) is 2.74. The van der Waals surface area contributed by atoms with Crippen LogP contribution in [0.4, 0.5) is 0 Å². The third-order valence-corrected chi connectivity index (χ3v) is 7.88. The van der Waals surface area contributed by atoms with Crippen molar-refractivity contribution in [2.24, 2.45) is 34.5 Å². The minimum atomic E-state index is 0.0372. The van der Waals surface area contributed by atoms with Gasteiger partial charge in [0.05, 0.1) is 0 Å². The molecule has 0 aromatic rings. The van der Waals surface area contributed by atoms with Crippen LogP contribution < -0.4 is 0 Å². The molecule has 6 atom stereocenters. The van der Waals surface area contributed by atoms with Crippen molar-refractivity contribution in [3.8, 4) is 0 Å². The van der Waals surface area contributed by atoms with Crippen molar-refractivity contribution in [3.63, 3.8) is 0 Å². The molecule has 2 heteroatoms. The van der Waals surface area contributed by atoms with Crippen molar-refractivity contribution in [1.29, 1.82) is 0 Å². The third kappa shape index (κ3) is 1.58. The Labute approximate surface area is 122 Å². The molecule has 20 heavy (non-hydrogen) atoms. The summed E-state index contributed by atoms with van der Waals surface area (Å²) in [5.41, 5.74) is 0.531. The first kappa shape index (κ1) is 13.3. The van der Waals surface area contributed by atoms with Gasteiger partial charge in [0.15, 0.2) is 0 Å². The first-order chi connectivity index (χ1) is 9.56. The summed E-state index contributed by atoms with van der Waals surface area (Å²) in [5.74, 6) is 3.71. The van der Waals surface area contributed by atoms with Crippen LogP contribution >= 0.6 is 0 Å². The Bertz CT molecular complexity index is 431. The number of fused-ring (bicyclic) bond motifs is 5. The molecule has 1 saturated heterocycles. The van der Waals surface area contributed by atoms with Gasteiger partial charge in [-0.05, 0) is 67.6 Å². The van der Waals surface area contributed by atoms with Crippen LogP contribution in [0.5, 0.6) is 0 Å². The Hall–Kier alpha value is -0.370. The zero-order valence-corrected chi connectivity index (χ0v) is 13.0. The molecule has 1 aliphatic heterocycles. The molecule has 0 aromatic heterocycles. The predicted molar refractivity (Wildman–Crippen MR) is 78.3 cm³/mol. The monoisotopic (exact) mass is 276 g/mol. The van der Waals surface area contributed by atoms with Gasteiger partial charge in [0.2, 0.25) is 0 Å². The standard InChI is InChI=1S/C18H28O2/c1-17-9-10-20-11-12(17)3-4-13-14-5-6-16(19)18(14,2)8-7-15(13)17/h12-15H,3-11H2,1-2H3/t12-,13-,14-,15-,17-,18-/m0/s1. The molecule has 0 spiro atoms. The summed E-state index contributed by atoms with van der Waals surface area (Å²) in [7, 11) is 0. The number of carbonyl (C=O) groups excluding carboxylic acids is 1. The van der Waals surface area contributed by atoms with E-state index in [9.17, 15) is 4.79 Å². The third-order valence-electron chi connectivity index (χ3n) is 7.88. The largest absolute Gasteiger partial charge is 0.381 e. The van der Waals surface area contributed by atoms with E-state index >= 15 is 0 Å². The lowest BCUT2D eigenvalue weighted by Crippen LogP contribution is -2.54. The summed E-state index contributed by atoms with van der Waals surface area (Å²) in [4.78, 5) is 12.3. The van der Waals surface area contributed by atoms with Gasteiger partial charge in [-0.2, -0.15) is 0 Å². The molecule has 0 amide bonds. The SMILES string of the molecule is C[C@]12CCOC[C@@H]1CC[C@@H]1[C@@H]2CC[C@]2(C)C(=O)CC[C@@H]12. The van der Waals surface area contributed by atoms with E-state index in [2.05, 4.69) is 13.8 Å². The summed E-state index contributed by atoms with van der Waals surface area (Å²) in [6.07, 6.45) is 8.40. The maximum absolute atomic E-state index is 12.3. The van der Waals surface area contributed by atoms with Crippen molar-refractivity contribution in [3.05, 3.63) is 0 Å². The van der Waals surface area contributed by atoms with Gasteiger partial charge in [-0.3, -0.25) is 4.79 Å². The van der Waals surface area contributed by atoms with Gasteiger partial charge >= 0.3 is 0 Å². The summed E-state index contributed by atoms with van der Waals surface area (Å²) >= 11 is 0. The topological polar surface area (TPSA) is 26.3 Å². The van der Waals surface area contributed by atoms with Gasteiger partial charge in [0.1, 0.15) is 5.78 Å². The first-order valence-electron chi connectivity index (χ1n) is 8.67. The van der Waals surface area contributed by atoms with Crippen LogP contribution in [0.25, 0.3) is 0 Å². The van der Waals surface area contributed by atoms with Gasteiger partial charge < -0.3 is 4.74 Å². The van der Waals surface area contributed by atoms with Gasteiger partial charge in [-0.15, -0.1) is 0 Å². The highest BCUT2D eigenvalue weighted by atomic mass is 16.5. The molecule has 0 N–H and O–H groups in total. The van der Waals surface area contributed by atoms with Crippen LogP contribution in [-0.4, -0.2) is 19.0 Å². The van der Waals surface area contributed by atoms with E-state index < -0.39 is 0 Å². The Kier molecular flexibility index (Phi) is 2.87. The molecule has 1 heterocycles. The molecule has 0 bridgehead atoms. The molecule has 0 unspecified atom stereocenters. The van der Waals surface area contributed by atoms with Crippen LogP contribution in [0.15, 0.2) is 0 Å². The number of hydrogen-bond donors (Lipinski definition) is 0. The smallest absolute Gasteiger partial charge is 0.139 e. The van der Waals surface area contributed by atoms with Gasteiger partial charge in [-0.1, -0.05) is 13.8 Å². The normalized spacial score (nSPS) is 55.0. The van der Waals surface area contributed by atoms with Gasteiger partial charge in [-0.25, -0.2) is 0 Å². The average molecular weight is 276 g/mol. The maximum Gasteiger partial charge on any atom is 0.139 e. The van der Waals surface area contributed by atoms with Crippen molar-refractivity contribution < 1.29 is 9.53 Å². The number of ketones is 1. The van der Waals surface area contributed by atoms with Gasteiger partial charge in [0.25, 0.3) is 0 Å². The second kappa shape index (κ2) is 4.32. The lowest BCUT2D eigenvalue weighted by molar-refractivity contribution is -0.152. The minimum Gasteiger partial charge on any atom is -0.381 e. The van der Waals surface area contributed by atoms with Gasteiger partial charge in [0, 0.05) is 25.0 Å². The van der Waals surface area contributed by atoms with Crippen LogP contribution in [0.3, 0.4) is 0 Å². The summed E-state index contributed by atoms with van der Waals surface area (Å²) < 4.78 is 5.75. The highest BCUT2D eigenvalue weighted by Gasteiger charge is 2.59. The molecule has 112 valence electrons. The molecular formula is C18H28O2. The molecule has 2 nitrogen and oxygen atoms in total. The molecule has 4 fully saturated rings. The van der Waals surface area contributed by atoms with Crippen LogP contribution in [0, 0.1) is 34.5 Å². The lowest BCUT2D eigenvalue weighted by atomic mass is 9.47. The lowest BCUT2D eigenvalue weighted by Gasteiger charge is -2.59. The zero-order valence-electron chi connectivity index (χ0n) is 13.0. The molecule has 0 radical (unpaired) electrons. The number of ether oxygens (including phenoxy) is 1. The molecule has 4 aliphatic rings. The highest BCUT2D eigenvalue weighted by molar-refractivity contribution is 5.87. The van der Waals surface area contributed by atoms with Crippen LogP contribution in [0.1, 0.15) is 58.8 Å². The fourth-order valence-corrected chi connectivity index (χ4v) is 6.49. The Morgan fingerprint density at radius 1 is 1.05 bits per heavy atom. The molecular weight excluding hydrogens is 248 g/mol. The molecule has 0 aromatic carbocycles. The molecule has 4 rings (SSSR count). The Morgan fingerprint density at radius 3 is 2.75 bits per heavy atom. The maximum atomic E-state index is 12.3. The second-order valence-electron chi connectivity index (χ2n) is 8.40. The molecule has 3 aliphatic carbocycles. The van der Waals surface area contributed by atoms with E-state index in [0.717, 1.165) is 43.8 Å². The summed E-state index contributed by atoms with van der Waals surface area (Å²) in [5, 5.41) is 0. The van der Waals surface area contributed by atoms with Crippen molar-refractivity contribution in [2.75, 3.05) is 13.2 Å². The highest BCUT2D eigenvalue weighted by Crippen LogP contribution is 2.64. The van der Waals surface area contributed by atoms with E-state index in [1.807, 2.05) is 0 Å². The fraction of sp³-hybridized carbons (Fsp3) is 0.944. The zero-order chi connectivity index (χ0) is 14.0. The van der Waals surface area contributed by atoms with E-state index in [1.165, 1.54) is 32.1 Å². The van der Waals surface area contributed by atoms with Crippen molar-refractivity contribution in [2.45, 2.75) is 58.8 Å². The minimum absolute atomic E-state index is 0.0372. The Balaban J connectivity index is 1.66. The fourth-order valence-electron chi connectivity index (χ4n) is 6.49. The van der Waals surface area contributed by atoms with E-state index in [1.54, 1.807) is 0 Å². The van der Waals surface area contributed by atoms with Crippen molar-refractivity contribution in [1.82, 2.24) is 0 Å². The number of rotatable bonds is 0. The predicted octanol–water partition coefficient (Wildman–Crippen LogP) is 3.83. The Morgan fingerprint density at radius 2 is 1.90 bits per heavy atom. The van der Waals surface area contributed by atoms with E-state index in [0.29, 0.717) is 17.1 Å². The first-order valence-corrected chi connectivity index (χ1v) is 8.67. The second-order valence-corrected chi connectivity index (χ2v) is 8.40. The quantitative estimate of drug-likeness (QED) is 0.672. The van der Waals surface area contributed by atoms with Crippen LogP contribution in [-0.2, 0) is 9.53 Å². The number of hydrogen-bond acceptors (Lipinski definition) is 2. The van der Waals surface area contributed by atoms with E-state index in [4.69, 9.17) is 4.74 Å². The summed E-state index contributed by atoms with van der Waals surface area (Å²) in [6, 6.07) is 0. The van der Waals surface area contributed by atoms with E-state index in [-0.39, 0.29) is 5.41 Å². The molecule has 3 saturated carbocycles. The van der Waals surface area contributed by atoms with Crippen molar-refractivity contribution >= 4 is 5.78 Å². The van der Waals surface area contributed by atoms with Crippen LogP contribution in [0.2, 0.25) is 0 Å². The summed E-state index contributed by atoms with van der Waals surface area (Å²) in [6.45, 7) is 6.76.